The maximum atomic E-state index is 13.6. The molecule has 0 heterocycles. The van der Waals surface area contributed by atoms with Gasteiger partial charge in [0.05, 0.1) is 7.14 Å². The quantitative estimate of drug-likeness (QED) is 0.491. The molecule has 0 aliphatic rings. The number of aromatic hydroxyl groups is 1. The van der Waals surface area contributed by atoms with Crippen LogP contribution in [0.25, 0.3) is 0 Å². The van der Waals surface area contributed by atoms with Gasteiger partial charge in [0.25, 0.3) is 0 Å². The molecule has 0 bridgehead atoms. The Morgan fingerprint density at radius 1 is 1.35 bits per heavy atom. The summed E-state index contributed by atoms with van der Waals surface area (Å²) in [6.45, 7) is 0.884. The molecule has 0 aromatic heterocycles. The van der Waals surface area contributed by atoms with Crippen molar-refractivity contribution in [2.45, 2.75) is 19.0 Å². The molecule has 1 atom stereocenters. The van der Waals surface area contributed by atoms with E-state index in [1.54, 1.807) is 45.2 Å². The van der Waals surface area contributed by atoms with Gasteiger partial charge in [0.1, 0.15) is 11.7 Å². The fourth-order valence-corrected chi connectivity index (χ4v) is 3.18. The molecule has 1 unspecified atom stereocenters. The van der Waals surface area contributed by atoms with Crippen molar-refractivity contribution in [3.8, 4) is 5.75 Å². The van der Waals surface area contributed by atoms with Crippen molar-refractivity contribution < 1.29 is 33.3 Å². The van der Waals surface area contributed by atoms with Crippen LogP contribution in [-0.4, -0.2) is 23.0 Å². The highest BCUT2D eigenvalue weighted by Crippen LogP contribution is 2.38. The van der Waals surface area contributed by atoms with Crippen LogP contribution >= 0.6 is 45.2 Å². The minimum Gasteiger partial charge on any atom is -0.544 e. The second-order valence-electron chi connectivity index (χ2n) is 3.73. The van der Waals surface area contributed by atoms with Crippen molar-refractivity contribution in [1.29, 1.82) is 0 Å². The molecule has 9 heteroatoms. The maximum absolute atomic E-state index is 13.6. The molecular weight excluding hydrogens is 504 g/mol. The number of aliphatic carboxylic acids is 1. The molecule has 20 heavy (non-hydrogen) atoms. The highest BCUT2D eigenvalue weighted by Gasteiger charge is 2.45. The van der Waals surface area contributed by atoms with Crippen LogP contribution in [-0.2, 0) is 14.3 Å². The first-order valence-corrected chi connectivity index (χ1v) is 7.17. The number of hydrogen-bond acceptors (Lipinski definition) is 5. The number of phenols is 1. The van der Waals surface area contributed by atoms with Gasteiger partial charge >= 0.3 is 11.9 Å². The van der Waals surface area contributed by atoms with E-state index in [0.29, 0.717) is 0 Å². The molecule has 1 N–H and O–H groups in total. The summed E-state index contributed by atoms with van der Waals surface area (Å²) in [5.74, 6) is -8.24. The van der Waals surface area contributed by atoms with Crippen LogP contribution in [0, 0.1) is 7.14 Å². The molecule has 1 aromatic carbocycles. The second kappa shape index (κ2) is 6.37. The maximum Gasteiger partial charge on any atom is 0.327 e. The van der Waals surface area contributed by atoms with Gasteiger partial charge in [-0.3, -0.25) is 4.79 Å². The lowest BCUT2D eigenvalue weighted by Crippen LogP contribution is -2.47. The van der Waals surface area contributed by atoms with Gasteiger partial charge < -0.3 is 19.7 Å². The largest absolute Gasteiger partial charge is 0.544 e. The number of ether oxygens (including phenoxy) is 1. The van der Waals surface area contributed by atoms with Gasteiger partial charge in [-0.1, -0.05) is 0 Å². The Labute approximate surface area is 139 Å². The number of alkyl halides is 2. The number of halogens is 4. The monoisotopic (exact) mass is 511 g/mol. The number of rotatable bonds is 4. The Morgan fingerprint density at radius 2 is 1.80 bits per heavy atom. The van der Waals surface area contributed by atoms with Crippen LogP contribution in [0.3, 0.4) is 0 Å². The smallest absolute Gasteiger partial charge is 0.327 e. The zero-order valence-corrected chi connectivity index (χ0v) is 14.1. The average Bonchev–Trinajstić information content (AvgIpc) is 2.31. The van der Waals surface area contributed by atoms with Crippen molar-refractivity contribution >= 4 is 57.1 Å². The minimum atomic E-state index is -4.39. The van der Waals surface area contributed by atoms with E-state index in [9.17, 15) is 28.6 Å². The van der Waals surface area contributed by atoms with Gasteiger partial charge in [-0.05, 0) is 57.3 Å². The van der Waals surface area contributed by atoms with Crippen LogP contribution in [0.1, 0.15) is 18.6 Å². The van der Waals surface area contributed by atoms with E-state index < -0.39 is 24.0 Å². The molecule has 0 spiro atoms. The number of carboxylic acid groups (broad SMARTS) is 1. The van der Waals surface area contributed by atoms with Crippen molar-refractivity contribution in [3.63, 3.8) is 0 Å². The number of esters is 1. The van der Waals surface area contributed by atoms with E-state index in [4.69, 9.17) is 0 Å². The summed E-state index contributed by atoms with van der Waals surface area (Å²) < 4.78 is 32.1. The van der Waals surface area contributed by atoms with Gasteiger partial charge in [-0.25, -0.2) is 0 Å². The predicted octanol–water partition coefficient (Wildman–Crippen LogP) is 1.59. The topological polar surface area (TPSA) is 86.7 Å². The van der Waals surface area contributed by atoms with Crippen LogP contribution in [0.15, 0.2) is 12.1 Å². The van der Waals surface area contributed by atoms with Crippen molar-refractivity contribution in [1.82, 2.24) is 0 Å². The third-order valence-electron chi connectivity index (χ3n) is 2.23. The fourth-order valence-electron chi connectivity index (χ4n) is 1.36. The lowest BCUT2D eigenvalue weighted by Gasteiger charge is -2.27. The van der Waals surface area contributed by atoms with Crippen LogP contribution in [0.5, 0.6) is 5.75 Å². The Kier molecular flexibility index (Phi) is 5.52. The molecular formula is C11H7F2I2O5-. The van der Waals surface area contributed by atoms with Gasteiger partial charge in [0, 0.05) is 12.5 Å². The van der Waals surface area contributed by atoms with Crippen LogP contribution in [0.4, 0.5) is 8.78 Å². The van der Waals surface area contributed by atoms with Gasteiger partial charge in [0.15, 0.2) is 6.10 Å². The highest BCUT2D eigenvalue weighted by molar-refractivity contribution is 14.1. The molecule has 0 fully saturated rings. The zero-order chi connectivity index (χ0) is 15.7. The van der Waals surface area contributed by atoms with Crippen molar-refractivity contribution in [2.24, 2.45) is 0 Å². The Bertz CT molecular complexity index is 539. The number of phenolic OH excluding ortho intramolecular Hbond substituents is 1. The molecule has 0 aliphatic heterocycles. The molecule has 5 nitrogen and oxygen atoms in total. The average molecular weight is 511 g/mol. The first-order valence-electron chi connectivity index (χ1n) is 5.01. The van der Waals surface area contributed by atoms with Crippen LogP contribution in [0.2, 0.25) is 0 Å². The lowest BCUT2D eigenvalue weighted by molar-refractivity contribution is -0.336. The van der Waals surface area contributed by atoms with E-state index in [1.165, 1.54) is 0 Å². The Balaban J connectivity index is 3.39. The lowest BCUT2D eigenvalue weighted by atomic mass is 10.0. The molecule has 1 rings (SSSR count). The summed E-state index contributed by atoms with van der Waals surface area (Å²) in [7, 11) is 0. The summed E-state index contributed by atoms with van der Waals surface area (Å²) in [4.78, 5) is 21.5. The molecule has 110 valence electrons. The van der Waals surface area contributed by atoms with E-state index in [1.807, 2.05) is 0 Å². The SMILES string of the molecule is CC(=O)OC(c1cc(I)c(O)c(I)c1)C(F)(F)C(=O)[O-]. The van der Waals surface area contributed by atoms with Gasteiger partial charge in [-0.15, -0.1) is 0 Å². The standard InChI is InChI=1S/C11H8F2I2O5/c1-4(16)20-9(11(12,13)10(18)19)5-2-6(14)8(17)7(15)3-5/h2-3,9,17H,1H3,(H,18,19)/p-1. The molecule has 1 aromatic rings. The van der Waals surface area contributed by atoms with E-state index in [0.717, 1.165) is 19.1 Å². The Hall–Kier alpha value is -0.720. The number of carboxylic acids is 1. The second-order valence-corrected chi connectivity index (χ2v) is 6.06. The molecule has 0 amide bonds. The normalized spacial score (nSPS) is 12.8. The van der Waals surface area contributed by atoms with E-state index in [-0.39, 0.29) is 18.5 Å². The number of benzene rings is 1. The summed E-state index contributed by atoms with van der Waals surface area (Å²) in [5, 5.41) is 20.1. The summed E-state index contributed by atoms with van der Waals surface area (Å²) >= 11 is 3.37. The number of carbonyl (C=O) groups excluding carboxylic acids is 2. The summed E-state index contributed by atoms with van der Waals surface area (Å²) in [6, 6.07) is 2.23. The molecule has 0 saturated heterocycles. The third kappa shape index (κ3) is 3.68. The molecule has 0 radical (unpaired) electrons. The van der Waals surface area contributed by atoms with E-state index >= 15 is 0 Å². The molecule has 0 aliphatic carbocycles. The first kappa shape index (κ1) is 17.3. The summed E-state index contributed by atoms with van der Waals surface area (Å²) in [5.41, 5.74) is -0.249. The van der Waals surface area contributed by atoms with Gasteiger partial charge in [0.2, 0.25) is 0 Å². The number of carbonyl (C=O) groups is 2. The van der Waals surface area contributed by atoms with Crippen molar-refractivity contribution in [3.05, 3.63) is 24.8 Å². The van der Waals surface area contributed by atoms with E-state index in [2.05, 4.69) is 4.74 Å². The minimum absolute atomic E-state index is 0.131. The first-order chi connectivity index (χ1) is 9.07. The Morgan fingerprint density at radius 3 is 2.15 bits per heavy atom. The third-order valence-corrected chi connectivity index (χ3v) is 3.87. The van der Waals surface area contributed by atoms with Gasteiger partial charge in [-0.2, -0.15) is 8.78 Å². The summed E-state index contributed by atoms with van der Waals surface area (Å²) in [6.07, 6.45) is -2.33. The highest BCUT2D eigenvalue weighted by atomic mass is 127. The molecule has 0 saturated carbocycles. The fraction of sp³-hybridized carbons (Fsp3) is 0.273. The number of hydrogen-bond donors (Lipinski definition) is 1. The van der Waals surface area contributed by atoms with Crippen molar-refractivity contribution in [2.75, 3.05) is 0 Å². The zero-order valence-electron chi connectivity index (χ0n) is 9.82. The van der Waals surface area contributed by atoms with Crippen LogP contribution < -0.4 is 5.11 Å². The predicted molar refractivity (Wildman–Crippen MR) is 78.0 cm³/mol.